The first-order valence-corrected chi connectivity index (χ1v) is 13.0. The zero-order valence-electron chi connectivity index (χ0n) is 21.7. The summed E-state index contributed by atoms with van der Waals surface area (Å²) in [4.78, 5) is 14.1. The molecule has 7 heteroatoms. The van der Waals surface area contributed by atoms with E-state index in [1.807, 2.05) is 42.5 Å². The lowest BCUT2D eigenvalue weighted by Gasteiger charge is -2.15. The van der Waals surface area contributed by atoms with Crippen molar-refractivity contribution < 1.29 is 25.2 Å². The second-order valence-corrected chi connectivity index (χ2v) is 9.76. The number of nitrogens with one attached hydrogen (secondary N) is 1. The van der Waals surface area contributed by atoms with Crippen LogP contribution in [-0.4, -0.2) is 36.6 Å². The average Bonchev–Trinajstić information content (AvgIpc) is 3.56. The third-order valence-corrected chi connectivity index (χ3v) is 6.85. The highest BCUT2D eigenvalue weighted by Crippen LogP contribution is 2.51. The molecule has 3 aromatic carbocycles. The van der Waals surface area contributed by atoms with Crippen molar-refractivity contribution in [1.82, 2.24) is 5.32 Å². The highest BCUT2D eigenvalue weighted by Gasteiger charge is 2.50. The molecule has 0 radical (unpaired) electrons. The average molecular weight is 526 g/mol. The number of carbonyl (C=O) groups excluding carboxylic acids is 1. The van der Waals surface area contributed by atoms with E-state index in [1.165, 1.54) is 25.9 Å². The summed E-state index contributed by atoms with van der Waals surface area (Å²) < 4.78 is 10.9. The third-order valence-electron chi connectivity index (χ3n) is 6.55. The van der Waals surface area contributed by atoms with Crippen LogP contribution in [0, 0.1) is 0 Å². The molecule has 0 bridgehead atoms. The maximum atomic E-state index is 13.2. The molecule has 5 rings (SSSR count). The maximum absolute atomic E-state index is 13.2. The van der Waals surface area contributed by atoms with Crippen LogP contribution in [-0.2, 0) is 16.6 Å². The Bertz CT molecular complexity index is 1140. The predicted octanol–water partition coefficient (Wildman–Crippen LogP) is 4.96. The third kappa shape index (κ3) is 7.58. The van der Waals surface area contributed by atoms with Crippen molar-refractivity contribution in [2.75, 3.05) is 19.9 Å². The second-order valence-electron chi connectivity index (χ2n) is 9.25. The van der Waals surface area contributed by atoms with Gasteiger partial charge in [0, 0.05) is 11.3 Å². The van der Waals surface area contributed by atoms with Gasteiger partial charge in [0.25, 0.3) is 0 Å². The van der Waals surface area contributed by atoms with E-state index in [4.69, 9.17) is 9.47 Å². The van der Waals surface area contributed by atoms with Crippen molar-refractivity contribution in [3.63, 3.8) is 0 Å². The minimum absolute atomic E-state index is 0. The van der Waals surface area contributed by atoms with Crippen molar-refractivity contribution in [3.05, 3.63) is 77.9 Å². The number of Topliss-reactive ketones (excluding diaryl/α,β-unsaturated/α-hetero) is 1. The SMILES string of the molecule is CCCNCCC.O.O.O=C(Cc1cccc(-c2ccc(S)cc2)c1)C1(c2ccc3c(c2)OCO3)CC1. The molecule has 0 unspecified atom stereocenters. The molecule has 0 spiro atoms. The van der Waals surface area contributed by atoms with E-state index in [0.717, 1.165) is 51.5 Å². The topological polar surface area (TPSA) is 111 Å². The van der Waals surface area contributed by atoms with Crippen LogP contribution in [0.4, 0.5) is 0 Å². The van der Waals surface area contributed by atoms with Gasteiger partial charge in [-0.25, -0.2) is 0 Å². The standard InChI is InChI=1S/C24H20O3S.C6H15N.2H2O/c25-23(24(10-11-24)19-6-9-21-22(14-19)27-15-26-21)13-16-2-1-3-18(12-16)17-4-7-20(28)8-5-17;1-3-5-7-6-4-2;;/h1-9,12,14,28H,10-11,13,15H2;7H,3-6H2,1-2H3;2*1H2. The molecule has 1 fully saturated rings. The lowest BCUT2D eigenvalue weighted by Crippen LogP contribution is -2.22. The lowest BCUT2D eigenvalue weighted by atomic mass is 9.87. The van der Waals surface area contributed by atoms with Gasteiger partial charge in [-0.05, 0) is 85.3 Å². The quantitative estimate of drug-likeness (QED) is 0.304. The van der Waals surface area contributed by atoms with Crippen LogP contribution >= 0.6 is 12.6 Å². The Hall–Kier alpha value is -2.84. The molecular weight excluding hydrogens is 486 g/mol. The molecular formula is C30H39NO5S. The Kier molecular flexibility index (Phi) is 11.7. The Morgan fingerprint density at radius 1 is 0.865 bits per heavy atom. The maximum Gasteiger partial charge on any atom is 0.231 e. The minimum atomic E-state index is -0.370. The fraction of sp³-hybridized carbons (Fsp3) is 0.367. The Morgan fingerprint density at radius 3 is 2.19 bits per heavy atom. The van der Waals surface area contributed by atoms with Gasteiger partial charge in [-0.3, -0.25) is 4.79 Å². The molecule has 6 nitrogen and oxygen atoms in total. The first-order chi connectivity index (χ1) is 17.1. The smallest absolute Gasteiger partial charge is 0.231 e. The van der Waals surface area contributed by atoms with Crippen molar-refractivity contribution in [2.45, 2.75) is 56.3 Å². The van der Waals surface area contributed by atoms with Gasteiger partial charge in [0.15, 0.2) is 11.5 Å². The lowest BCUT2D eigenvalue weighted by molar-refractivity contribution is -0.120. The Balaban J connectivity index is 0.000000476. The highest BCUT2D eigenvalue weighted by atomic mass is 32.1. The van der Waals surface area contributed by atoms with Gasteiger partial charge in [0.2, 0.25) is 6.79 Å². The van der Waals surface area contributed by atoms with Crippen molar-refractivity contribution in [2.24, 2.45) is 0 Å². The molecule has 37 heavy (non-hydrogen) atoms. The molecule has 0 amide bonds. The normalized spacial score (nSPS) is 13.9. The summed E-state index contributed by atoms with van der Waals surface area (Å²) in [7, 11) is 0. The van der Waals surface area contributed by atoms with E-state index < -0.39 is 0 Å². The van der Waals surface area contributed by atoms with E-state index in [1.54, 1.807) is 0 Å². The fourth-order valence-electron chi connectivity index (χ4n) is 4.40. The first kappa shape index (κ1) is 30.4. The number of carbonyl (C=O) groups is 1. The van der Waals surface area contributed by atoms with Crippen LogP contribution in [0.5, 0.6) is 11.5 Å². The number of hydrogen-bond acceptors (Lipinski definition) is 5. The molecule has 200 valence electrons. The molecule has 1 aliphatic carbocycles. The van der Waals surface area contributed by atoms with E-state index in [-0.39, 0.29) is 28.9 Å². The highest BCUT2D eigenvalue weighted by molar-refractivity contribution is 7.80. The van der Waals surface area contributed by atoms with Gasteiger partial charge in [-0.1, -0.05) is 56.3 Å². The summed E-state index contributed by atoms with van der Waals surface area (Å²) in [5.41, 5.74) is 3.97. The van der Waals surface area contributed by atoms with E-state index in [0.29, 0.717) is 6.42 Å². The molecule has 1 aliphatic heterocycles. The van der Waals surface area contributed by atoms with Crippen LogP contribution in [0.15, 0.2) is 71.6 Å². The minimum Gasteiger partial charge on any atom is -0.454 e. The largest absolute Gasteiger partial charge is 0.454 e. The summed E-state index contributed by atoms with van der Waals surface area (Å²) >= 11 is 4.35. The Labute approximate surface area is 225 Å². The number of thiol groups is 1. The van der Waals surface area contributed by atoms with Gasteiger partial charge in [-0.2, -0.15) is 0 Å². The van der Waals surface area contributed by atoms with Crippen molar-refractivity contribution >= 4 is 18.4 Å². The second kappa shape index (κ2) is 14.2. The van der Waals surface area contributed by atoms with E-state index in [9.17, 15) is 4.79 Å². The van der Waals surface area contributed by atoms with E-state index >= 15 is 0 Å². The molecule has 1 heterocycles. The Morgan fingerprint density at radius 2 is 1.54 bits per heavy atom. The summed E-state index contributed by atoms with van der Waals surface area (Å²) in [5.74, 6) is 1.77. The molecule has 0 saturated heterocycles. The number of benzene rings is 3. The first-order valence-electron chi connectivity index (χ1n) is 12.6. The zero-order chi connectivity index (χ0) is 24.7. The summed E-state index contributed by atoms with van der Waals surface area (Å²) in [5, 5.41) is 3.28. The number of rotatable bonds is 9. The monoisotopic (exact) mass is 525 g/mol. The molecule has 2 aliphatic rings. The molecule has 0 atom stereocenters. The van der Waals surface area contributed by atoms with Gasteiger partial charge in [0.05, 0.1) is 5.41 Å². The van der Waals surface area contributed by atoms with Crippen LogP contribution in [0.3, 0.4) is 0 Å². The van der Waals surface area contributed by atoms with Crippen LogP contribution in [0.2, 0.25) is 0 Å². The van der Waals surface area contributed by atoms with Gasteiger partial charge in [-0.15, -0.1) is 12.6 Å². The zero-order valence-corrected chi connectivity index (χ0v) is 22.6. The van der Waals surface area contributed by atoms with Crippen LogP contribution in [0.25, 0.3) is 11.1 Å². The van der Waals surface area contributed by atoms with Gasteiger partial charge < -0.3 is 25.7 Å². The van der Waals surface area contributed by atoms with Crippen LogP contribution < -0.4 is 14.8 Å². The summed E-state index contributed by atoms with van der Waals surface area (Å²) in [6.07, 6.45) is 4.73. The molecule has 0 aromatic heterocycles. The number of ether oxygens (including phenoxy) is 2. The van der Waals surface area contributed by atoms with Gasteiger partial charge in [0.1, 0.15) is 5.78 Å². The number of fused-ring (bicyclic) bond motifs is 1. The molecule has 3 aromatic rings. The number of hydrogen-bond donors (Lipinski definition) is 2. The van der Waals surface area contributed by atoms with Crippen LogP contribution in [0.1, 0.15) is 50.7 Å². The van der Waals surface area contributed by atoms with E-state index in [2.05, 4.69) is 56.1 Å². The predicted molar refractivity (Wildman–Crippen MR) is 152 cm³/mol. The summed E-state index contributed by atoms with van der Waals surface area (Å²) in [6.45, 7) is 6.97. The van der Waals surface area contributed by atoms with Gasteiger partial charge >= 0.3 is 0 Å². The summed E-state index contributed by atoms with van der Waals surface area (Å²) in [6, 6.07) is 22.2. The number of ketones is 1. The van der Waals surface area contributed by atoms with Crippen molar-refractivity contribution in [1.29, 1.82) is 0 Å². The fourth-order valence-corrected chi connectivity index (χ4v) is 4.54. The molecule has 1 saturated carbocycles. The van der Waals surface area contributed by atoms with Crippen molar-refractivity contribution in [3.8, 4) is 22.6 Å². The molecule has 5 N–H and O–H groups in total.